The van der Waals surface area contributed by atoms with Crippen LogP contribution < -0.4 is 9.46 Å². The van der Waals surface area contributed by atoms with Crippen molar-refractivity contribution in [3.8, 4) is 17.2 Å². The van der Waals surface area contributed by atoms with Gasteiger partial charge in [-0.15, -0.1) is 10.2 Å². The first kappa shape index (κ1) is 18.3. The molecule has 0 aliphatic rings. The molecule has 1 aromatic carbocycles. The Labute approximate surface area is 155 Å². The molecular formula is C16H17ClN4O4S. The molecule has 0 saturated carbocycles. The van der Waals surface area contributed by atoms with Crippen LogP contribution in [0, 0.1) is 20.8 Å². The highest BCUT2D eigenvalue weighted by atomic mass is 35.5. The molecule has 2 aromatic heterocycles. The van der Waals surface area contributed by atoms with Gasteiger partial charge in [-0.2, -0.15) is 0 Å². The molecule has 0 aliphatic carbocycles. The minimum Gasteiger partial charge on any atom is -0.495 e. The molecule has 0 fully saturated rings. The third-order valence-corrected chi connectivity index (χ3v) is 5.58. The minimum atomic E-state index is -3.94. The van der Waals surface area contributed by atoms with Gasteiger partial charge in [0.1, 0.15) is 10.6 Å². The number of anilines is 1. The first-order valence-corrected chi connectivity index (χ1v) is 9.45. The highest BCUT2D eigenvalue weighted by Crippen LogP contribution is 2.34. The lowest BCUT2D eigenvalue weighted by Gasteiger charge is -2.11. The predicted octanol–water partition coefficient (Wildman–Crippen LogP) is 3.45. The molecule has 3 rings (SSSR count). The van der Waals surface area contributed by atoms with E-state index in [9.17, 15) is 8.42 Å². The van der Waals surface area contributed by atoms with Crippen LogP contribution in [0.1, 0.15) is 17.3 Å². The average Bonchev–Trinajstić information content (AvgIpc) is 3.10. The van der Waals surface area contributed by atoms with E-state index in [-0.39, 0.29) is 10.8 Å². The largest absolute Gasteiger partial charge is 0.495 e. The van der Waals surface area contributed by atoms with E-state index >= 15 is 0 Å². The zero-order valence-corrected chi connectivity index (χ0v) is 16.1. The monoisotopic (exact) mass is 396 g/mol. The highest BCUT2D eigenvalue weighted by molar-refractivity contribution is 7.93. The Bertz CT molecular complexity index is 1070. The second kappa shape index (κ2) is 6.65. The molecule has 0 atom stereocenters. The highest BCUT2D eigenvalue weighted by Gasteiger charge is 2.29. The van der Waals surface area contributed by atoms with Crippen LogP contribution in [0.15, 0.2) is 27.5 Å². The van der Waals surface area contributed by atoms with Gasteiger partial charge in [0.15, 0.2) is 0 Å². The molecule has 0 bridgehead atoms. The van der Waals surface area contributed by atoms with Crippen LogP contribution in [0.2, 0.25) is 5.02 Å². The molecule has 0 spiro atoms. The zero-order valence-electron chi connectivity index (χ0n) is 14.5. The van der Waals surface area contributed by atoms with E-state index in [4.69, 9.17) is 20.8 Å². The molecule has 0 aliphatic heterocycles. The van der Waals surface area contributed by atoms with Gasteiger partial charge in [-0.3, -0.25) is 4.72 Å². The molecule has 2 N–H and O–H groups in total. The number of hydrogen-bond acceptors (Lipinski definition) is 6. The van der Waals surface area contributed by atoms with Crippen molar-refractivity contribution in [3.63, 3.8) is 0 Å². The standard InChI is InChI=1S/C16H17ClN4O4S/c1-8-14(16-20-19-10(3)25-16)15(9(2)18-8)26(22,23)21-11-5-6-13(24-4)12(17)7-11/h5-7,18,21H,1-4H3. The Morgan fingerprint density at radius 1 is 1.19 bits per heavy atom. The van der Waals surface area contributed by atoms with E-state index in [0.717, 1.165) is 0 Å². The van der Waals surface area contributed by atoms with E-state index in [0.29, 0.717) is 39.3 Å². The number of sulfonamides is 1. The molecule has 0 saturated heterocycles. The van der Waals surface area contributed by atoms with Gasteiger partial charge in [0.2, 0.25) is 5.89 Å². The van der Waals surface area contributed by atoms with Crippen molar-refractivity contribution in [1.29, 1.82) is 0 Å². The number of benzene rings is 1. The summed E-state index contributed by atoms with van der Waals surface area (Å²) >= 11 is 6.07. The maximum absolute atomic E-state index is 13.0. The van der Waals surface area contributed by atoms with Crippen LogP contribution in [0.5, 0.6) is 5.75 Å². The van der Waals surface area contributed by atoms with Gasteiger partial charge < -0.3 is 14.1 Å². The number of aryl methyl sites for hydroxylation is 3. The van der Waals surface area contributed by atoms with Crippen LogP contribution in [0.25, 0.3) is 11.5 Å². The van der Waals surface area contributed by atoms with Crippen LogP contribution in [0.3, 0.4) is 0 Å². The predicted molar refractivity (Wildman–Crippen MR) is 97.1 cm³/mol. The summed E-state index contributed by atoms with van der Waals surface area (Å²) in [4.78, 5) is 3.06. The maximum atomic E-state index is 13.0. The number of methoxy groups -OCH3 is 1. The topological polar surface area (TPSA) is 110 Å². The maximum Gasteiger partial charge on any atom is 0.264 e. The van der Waals surface area contributed by atoms with Gasteiger partial charge in [0.05, 0.1) is 23.4 Å². The fourth-order valence-electron chi connectivity index (χ4n) is 2.69. The van der Waals surface area contributed by atoms with Crippen LogP contribution in [-0.4, -0.2) is 30.7 Å². The second-order valence-electron chi connectivity index (χ2n) is 5.66. The number of H-pyrrole nitrogens is 1. The molecule has 3 aromatic rings. The Morgan fingerprint density at radius 2 is 1.92 bits per heavy atom. The normalized spacial score (nSPS) is 11.6. The van der Waals surface area contributed by atoms with Gasteiger partial charge in [-0.1, -0.05) is 11.6 Å². The lowest BCUT2D eigenvalue weighted by atomic mass is 10.2. The molecule has 26 heavy (non-hydrogen) atoms. The number of rotatable bonds is 5. The number of aromatic amines is 1. The molecular weight excluding hydrogens is 380 g/mol. The van der Waals surface area contributed by atoms with Crippen molar-refractivity contribution in [2.24, 2.45) is 0 Å². The summed E-state index contributed by atoms with van der Waals surface area (Å²) < 4.78 is 39.0. The van der Waals surface area contributed by atoms with E-state index in [1.54, 1.807) is 32.9 Å². The Morgan fingerprint density at radius 3 is 2.50 bits per heavy atom. The summed E-state index contributed by atoms with van der Waals surface area (Å²) in [7, 11) is -2.46. The van der Waals surface area contributed by atoms with E-state index in [1.165, 1.54) is 13.2 Å². The number of nitrogens with one attached hydrogen (secondary N) is 2. The van der Waals surface area contributed by atoms with Crippen LogP contribution in [0.4, 0.5) is 5.69 Å². The quantitative estimate of drug-likeness (QED) is 0.683. The smallest absolute Gasteiger partial charge is 0.264 e. The van der Waals surface area contributed by atoms with E-state index in [2.05, 4.69) is 19.9 Å². The van der Waals surface area contributed by atoms with Crippen molar-refractivity contribution in [3.05, 3.63) is 40.5 Å². The molecule has 0 unspecified atom stereocenters. The molecule has 0 radical (unpaired) electrons. The first-order chi connectivity index (χ1) is 12.2. The van der Waals surface area contributed by atoms with E-state index in [1.807, 2.05) is 0 Å². The lowest BCUT2D eigenvalue weighted by molar-refractivity contribution is 0.415. The number of ether oxygens (including phenoxy) is 1. The molecule has 8 nitrogen and oxygen atoms in total. The van der Waals surface area contributed by atoms with Crippen molar-refractivity contribution in [1.82, 2.24) is 15.2 Å². The summed E-state index contributed by atoms with van der Waals surface area (Å²) in [5, 5.41) is 8.01. The van der Waals surface area contributed by atoms with Gasteiger partial charge in [-0.05, 0) is 32.0 Å². The van der Waals surface area contributed by atoms with Crippen molar-refractivity contribution >= 4 is 27.3 Å². The molecule has 10 heteroatoms. The third-order valence-electron chi connectivity index (χ3n) is 3.73. The molecule has 0 amide bonds. The Hall–Kier alpha value is -2.52. The molecule has 138 valence electrons. The summed E-state index contributed by atoms with van der Waals surface area (Å²) in [6.07, 6.45) is 0. The van der Waals surface area contributed by atoms with Crippen molar-refractivity contribution in [2.75, 3.05) is 11.8 Å². The fourth-order valence-corrected chi connectivity index (χ4v) is 4.45. The zero-order chi connectivity index (χ0) is 19.1. The Kier molecular flexibility index (Phi) is 4.68. The van der Waals surface area contributed by atoms with Gasteiger partial charge in [0, 0.05) is 18.3 Å². The summed E-state index contributed by atoms with van der Waals surface area (Å²) in [6, 6.07) is 4.62. The average molecular weight is 397 g/mol. The summed E-state index contributed by atoms with van der Waals surface area (Å²) in [6.45, 7) is 5.04. The van der Waals surface area contributed by atoms with Crippen LogP contribution in [-0.2, 0) is 10.0 Å². The third kappa shape index (κ3) is 3.27. The minimum absolute atomic E-state index is 0.0468. The number of halogens is 1. The second-order valence-corrected chi connectivity index (χ2v) is 7.69. The Balaban J connectivity index is 2.06. The summed E-state index contributed by atoms with van der Waals surface area (Å²) in [5.41, 5.74) is 1.72. The number of nitrogens with zero attached hydrogens (tertiary/aromatic N) is 2. The summed E-state index contributed by atoms with van der Waals surface area (Å²) in [5.74, 6) is 0.930. The van der Waals surface area contributed by atoms with Gasteiger partial charge in [-0.25, -0.2) is 8.42 Å². The van der Waals surface area contributed by atoms with Crippen molar-refractivity contribution in [2.45, 2.75) is 25.7 Å². The molecule has 2 heterocycles. The van der Waals surface area contributed by atoms with Crippen molar-refractivity contribution < 1.29 is 17.6 Å². The van der Waals surface area contributed by atoms with E-state index < -0.39 is 10.0 Å². The first-order valence-electron chi connectivity index (χ1n) is 7.59. The lowest BCUT2D eigenvalue weighted by Crippen LogP contribution is -2.14. The number of aromatic nitrogens is 3. The fraction of sp³-hybridized carbons (Fsp3) is 0.250. The van der Waals surface area contributed by atoms with Gasteiger partial charge in [0.25, 0.3) is 15.9 Å². The van der Waals surface area contributed by atoms with Crippen LogP contribution >= 0.6 is 11.6 Å². The van der Waals surface area contributed by atoms with Gasteiger partial charge >= 0.3 is 0 Å². The SMILES string of the molecule is COc1ccc(NS(=O)(=O)c2c(C)[nH]c(C)c2-c2nnc(C)o2)cc1Cl. The number of hydrogen-bond donors (Lipinski definition) is 2.